The molecule has 26 heavy (non-hydrogen) atoms. The summed E-state index contributed by atoms with van der Waals surface area (Å²) < 4.78 is 0. The van der Waals surface area contributed by atoms with Gasteiger partial charge in [0.1, 0.15) is 0 Å². The first-order valence-corrected chi connectivity index (χ1v) is 9.66. The van der Waals surface area contributed by atoms with Crippen LogP contribution in [0.1, 0.15) is 57.1 Å². The van der Waals surface area contributed by atoms with Crippen molar-refractivity contribution in [1.82, 2.24) is 0 Å². The largest absolute Gasteiger partial charge is 0.325 e. The second-order valence-corrected chi connectivity index (χ2v) is 7.06. The zero-order valence-electron chi connectivity index (χ0n) is 15.5. The highest BCUT2D eigenvalue weighted by Gasteiger charge is 2.16. The van der Waals surface area contributed by atoms with Crippen LogP contribution in [0.4, 0.5) is 5.69 Å². The number of hydrogen-bond donors (Lipinski definition) is 2. The van der Waals surface area contributed by atoms with E-state index in [1.54, 1.807) is 18.2 Å². The maximum atomic E-state index is 12.6. The van der Waals surface area contributed by atoms with Crippen molar-refractivity contribution in [2.24, 2.45) is 5.92 Å². The summed E-state index contributed by atoms with van der Waals surface area (Å²) in [5.74, 6) is 0.413. The third-order valence-corrected chi connectivity index (χ3v) is 4.69. The Morgan fingerprint density at radius 3 is 2.35 bits per heavy atom. The summed E-state index contributed by atoms with van der Waals surface area (Å²) in [7, 11) is 0. The summed E-state index contributed by atoms with van der Waals surface area (Å²) in [5, 5.41) is 12.1. The quantitative estimate of drug-likeness (QED) is 0.500. The molecule has 2 rings (SSSR count). The Balaban J connectivity index is 2.19. The van der Waals surface area contributed by atoms with E-state index in [-0.39, 0.29) is 5.91 Å². The average Bonchev–Trinajstić information content (AvgIpc) is 2.63. The van der Waals surface area contributed by atoms with Gasteiger partial charge >= 0.3 is 0 Å². The lowest BCUT2D eigenvalue weighted by molar-refractivity contribution is -0.117. The molecule has 0 spiro atoms. The highest BCUT2D eigenvalue weighted by Crippen LogP contribution is 2.25. The van der Waals surface area contributed by atoms with Crippen LogP contribution in [0, 0.1) is 11.3 Å². The molecule has 0 aliphatic rings. The predicted molar refractivity (Wildman–Crippen MR) is 110 cm³/mol. The minimum absolute atomic E-state index is 0.00124. The molecule has 2 aromatic carbocycles. The molecule has 0 atom stereocenters. The molecule has 0 aromatic heterocycles. The Bertz CT molecular complexity index is 737. The number of halogens is 1. The Kier molecular flexibility index (Phi) is 7.86. The standard InChI is InChI=1S/C22H27ClN2O/c1-3-8-16(9-4-2)14-21(26)25-20-13-12-18(23)15-19(20)22(24)17-10-6-5-7-11-17/h5-7,10-13,15-16,24H,3-4,8-9,14H2,1-2H3,(H,25,26). The zero-order valence-corrected chi connectivity index (χ0v) is 16.3. The topological polar surface area (TPSA) is 53.0 Å². The lowest BCUT2D eigenvalue weighted by Gasteiger charge is -2.17. The summed E-state index contributed by atoms with van der Waals surface area (Å²) in [5.41, 5.74) is 2.42. The van der Waals surface area contributed by atoms with E-state index >= 15 is 0 Å². The SMILES string of the molecule is CCCC(CCC)CC(=O)Nc1ccc(Cl)cc1C(=N)c1ccccc1. The minimum Gasteiger partial charge on any atom is -0.325 e. The van der Waals surface area contributed by atoms with Crippen molar-refractivity contribution < 1.29 is 4.79 Å². The molecule has 0 saturated carbocycles. The lowest BCUT2D eigenvalue weighted by Crippen LogP contribution is -2.18. The first-order chi connectivity index (χ1) is 12.5. The van der Waals surface area contributed by atoms with E-state index in [1.165, 1.54) is 0 Å². The van der Waals surface area contributed by atoms with Crippen molar-refractivity contribution >= 4 is 28.9 Å². The first kappa shape index (κ1) is 20.2. The molecule has 138 valence electrons. The highest BCUT2D eigenvalue weighted by molar-refractivity contribution is 6.31. The van der Waals surface area contributed by atoms with Gasteiger partial charge in [0.25, 0.3) is 0 Å². The Morgan fingerprint density at radius 1 is 1.08 bits per heavy atom. The average molecular weight is 371 g/mol. The monoisotopic (exact) mass is 370 g/mol. The molecule has 4 heteroatoms. The van der Waals surface area contributed by atoms with Crippen molar-refractivity contribution in [3.63, 3.8) is 0 Å². The van der Waals surface area contributed by atoms with Gasteiger partial charge in [-0.15, -0.1) is 0 Å². The minimum atomic E-state index is 0.00124. The van der Waals surface area contributed by atoms with Crippen LogP contribution in [-0.4, -0.2) is 11.6 Å². The van der Waals surface area contributed by atoms with Gasteiger partial charge in [-0.05, 0) is 24.1 Å². The summed E-state index contributed by atoms with van der Waals surface area (Å²) in [4.78, 5) is 12.6. The molecule has 1 amide bonds. The van der Waals surface area contributed by atoms with Gasteiger partial charge in [-0.2, -0.15) is 0 Å². The molecule has 0 aliphatic heterocycles. The summed E-state index contributed by atoms with van der Waals surface area (Å²) in [6, 6.07) is 14.7. The molecule has 2 N–H and O–H groups in total. The van der Waals surface area contributed by atoms with E-state index < -0.39 is 0 Å². The highest BCUT2D eigenvalue weighted by atomic mass is 35.5. The third kappa shape index (κ3) is 5.70. The number of anilines is 1. The van der Waals surface area contributed by atoms with Gasteiger partial charge in [-0.25, -0.2) is 0 Å². The molecule has 0 bridgehead atoms. The molecule has 0 aliphatic carbocycles. The van der Waals surface area contributed by atoms with Gasteiger partial charge in [-0.3, -0.25) is 10.2 Å². The second kappa shape index (κ2) is 10.1. The van der Waals surface area contributed by atoms with E-state index in [0.29, 0.717) is 34.3 Å². The van der Waals surface area contributed by atoms with Crippen molar-refractivity contribution in [1.29, 1.82) is 5.41 Å². The van der Waals surface area contributed by atoms with E-state index in [1.807, 2.05) is 30.3 Å². The number of amides is 1. The lowest BCUT2D eigenvalue weighted by atomic mass is 9.94. The van der Waals surface area contributed by atoms with Crippen molar-refractivity contribution in [2.45, 2.75) is 46.0 Å². The number of nitrogens with one attached hydrogen (secondary N) is 2. The first-order valence-electron chi connectivity index (χ1n) is 9.28. The van der Waals surface area contributed by atoms with Gasteiger partial charge in [0.2, 0.25) is 5.91 Å². The zero-order chi connectivity index (χ0) is 18.9. The van der Waals surface area contributed by atoms with Gasteiger partial charge in [0, 0.05) is 22.6 Å². The number of carbonyl (C=O) groups excluding carboxylic acids is 1. The number of carbonyl (C=O) groups is 1. The van der Waals surface area contributed by atoms with Gasteiger partial charge in [-0.1, -0.05) is 81.5 Å². The van der Waals surface area contributed by atoms with Crippen LogP contribution in [0.15, 0.2) is 48.5 Å². The number of benzene rings is 2. The van der Waals surface area contributed by atoms with E-state index in [0.717, 1.165) is 31.2 Å². The smallest absolute Gasteiger partial charge is 0.224 e. The van der Waals surface area contributed by atoms with E-state index in [9.17, 15) is 4.79 Å². The van der Waals surface area contributed by atoms with E-state index in [4.69, 9.17) is 17.0 Å². The van der Waals surface area contributed by atoms with Crippen LogP contribution in [0.2, 0.25) is 5.02 Å². The third-order valence-electron chi connectivity index (χ3n) is 4.46. The van der Waals surface area contributed by atoms with Gasteiger partial charge in [0.15, 0.2) is 0 Å². The number of rotatable bonds is 9. The summed E-state index contributed by atoms with van der Waals surface area (Å²) >= 11 is 6.14. The fourth-order valence-electron chi connectivity index (χ4n) is 3.22. The molecule has 0 heterocycles. The molecule has 0 saturated heterocycles. The Labute approximate surface area is 161 Å². The molecule has 2 aromatic rings. The second-order valence-electron chi connectivity index (χ2n) is 6.63. The van der Waals surface area contributed by atoms with Crippen molar-refractivity contribution in [3.8, 4) is 0 Å². The summed E-state index contributed by atoms with van der Waals surface area (Å²) in [6.45, 7) is 4.30. The molecule has 0 unspecified atom stereocenters. The van der Waals surface area contributed by atoms with Crippen molar-refractivity contribution in [2.75, 3.05) is 5.32 Å². The van der Waals surface area contributed by atoms with Crippen LogP contribution < -0.4 is 5.32 Å². The molecular weight excluding hydrogens is 344 g/mol. The van der Waals surface area contributed by atoms with Gasteiger partial charge in [0.05, 0.1) is 11.4 Å². The summed E-state index contributed by atoms with van der Waals surface area (Å²) in [6.07, 6.45) is 4.82. The van der Waals surface area contributed by atoms with Crippen LogP contribution in [0.3, 0.4) is 0 Å². The maximum Gasteiger partial charge on any atom is 0.224 e. The normalized spacial score (nSPS) is 10.8. The fourth-order valence-corrected chi connectivity index (χ4v) is 3.39. The molecule has 3 nitrogen and oxygen atoms in total. The number of hydrogen-bond acceptors (Lipinski definition) is 2. The van der Waals surface area contributed by atoms with Crippen LogP contribution in [0.5, 0.6) is 0 Å². The van der Waals surface area contributed by atoms with Crippen LogP contribution in [0.25, 0.3) is 0 Å². The van der Waals surface area contributed by atoms with E-state index in [2.05, 4.69) is 19.2 Å². The van der Waals surface area contributed by atoms with Crippen LogP contribution in [-0.2, 0) is 4.79 Å². The van der Waals surface area contributed by atoms with Gasteiger partial charge < -0.3 is 5.32 Å². The Morgan fingerprint density at radius 2 is 1.73 bits per heavy atom. The molecule has 0 fully saturated rings. The fraction of sp³-hybridized carbons (Fsp3) is 0.364. The van der Waals surface area contributed by atoms with Crippen molar-refractivity contribution in [3.05, 3.63) is 64.7 Å². The molecule has 0 radical (unpaired) electrons. The Hall–Kier alpha value is -2.13. The predicted octanol–water partition coefficient (Wildman–Crippen LogP) is 6.30. The molecular formula is C22H27ClN2O. The maximum absolute atomic E-state index is 12.6. The van der Waals surface area contributed by atoms with Crippen LogP contribution >= 0.6 is 11.6 Å².